The van der Waals surface area contributed by atoms with Gasteiger partial charge >= 0.3 is 0 Å². The van der Waals surface area contributed by atoms with E-state index in [1.807, 2.05) is 18.2 Å². The third kappa shape index (κ3) is 6.75. The number of allylic oxidation sites excluding steroid dienone is 1. The summed E-state index contributed by atoms with van der Waals surface area (Å²) in [5, 5.41) is 9.22. The second-order valence-corrected chi connectivity index (χ2v) is 7.10. The molecule has 0 amide bonds. The van der Waals surface area contributed by atoms with E-state index in [2.05, 4.69) is 19.9 Å². The van der Waals surface area contributed by atoms with Gasteiger partial charge in [0, 0.05) is 12.2 Å². The average molecular weight is 388 g/mol. The van der Waals surface area contributed by atoms with E-state index in [0.29, 0.717) is 11.7 Å². The summed E-state index contributed by atoms with van der Waals surface area (Å²) in [6.07, 6.45) is 11.1. The zero-order valence-corrected chi connectivity index (χ0v) is 16.8. The van der Waals surface area contributed by atoms with Gasteiger partial charge in [-0.05, 0) is 55.9 Å². The Balaban J connectivity index is 1.79. The number of halogens is 2. The van der Waals surface area contributed by atoms with E-state index in [1.54, 1.807) is 12.1 Å². The number of aromatic hydroxyl groups is 1. The lowest BCUT2D eigenvalue weighted by Gasteiger charge is -2.12. The minimum absolute atomic E-state index is 0.138. The van der Waals surface area contributed by atoms with Crippen LogP contribution in [0.15, 0.2) is 42.5 Å². The highest BCUT2D eigenvalue weighted by atomic mass is 19.2. The number of benzene rings is 2. The molecule has 0 aliphatic rings. The minimum atomic E-state index is -1.22. The maximum absolute atomic E-state index is 14.0. The van der Waals surface area contributed by atoms with Crippen molar-refractivity contribution in [2.24, 2.45) is 0 Å². The molecule has 2 aromatic rings. The fourth-order valence-electron chi connectivity index (χ4n) is 3.00. The number of hydrogen-bond acceptors (Lipinski definition) is 2. The maximum atomic E-state index is 14.0. The quantitative estimate of drug-likeness (QED) is 0.415. The highest BCUT2D eigenvalue weighted by molar-refractivity contribution is 5.67. The number of hydrogen-bond donors (Lipinski definition) is 1. The Morgan fingerprint density at radius 3 is 2.46 bits per heavy atom. The molecule has 0 saturated carbocycles. The summed E-state index contributed by atoms with van der Waals surface area (Å²) in [6.45, 7) is 5.16. The van der Waals surface area contributed by atoms with Crippen LogP contribution in [-0.4, -0.2) is 17.8 Å². The van der Waals surface area contributed by atoms with Gasteiger partial charge in [0.05, 0.1) is 6.10 Å². The van der Waals surface area contributed by atoms with Gasteiger partial charge in [-0.25, -0.2) is 4.39 Å². The van der Waals surface area contributed by atoms with Gasteiger partial charge < -0.3 is 9.84 Å². The van der Waals surface area contributed by atoms with E-state index in [-0.39, 0.29) is 5.56 Å². The topological polar surface area (TPSA) is 29.5 Å². The van der Waals surface area contributed by atoms with Crippen molar-refractivity contribution in [2.75, 3.05) is 6.61 Å². The number of rotatable bonds is 11. The summed E-state index contributed by atoms with van der Waals surface area (Å²) in [4.78, 5) is 0. The maximum Gasteiger partial charge on any atom is 0.200 e. The zero-order chi connectivity index (χ0) is 20.4. The van der Waals surface area contributed by atoms with Crippen LogP contribution >= 0.6 is 0 Å². The van der Waals surface area contributed by atoms with Gasteiger partial charge in [-0.2, -0.15) is 4.39 Å². The Morgan fingerprint density at radius 2 is 1.75 bits per heavy atom. The average Bonchev–Trinajstić information content (AvgIpc) is 2.70. The molecule has 0 saturated heterocycles. The first-order valence-electron chi connectivity index (χ1n) is 10.1. The number of phenols is 1. The summed E-state index contributed by atoms with van der Waals surface area (Å²) in [5.41, 5.74) is 1.72. The van der Waals surface area contributed by atoms with Gasteiger partial charge in [0.15, 0.2) is 11.6 Å². The molecule has 152 valence electrons. The van der Waals surface area contributed by atoms with Crippen LogP contribution in [0.5, 0.6) is 5.75 Å². The van der Waals surface area contributed by atoms with E-state index in [0.717, 1.165) is 43.9 Å². The fraction of sp³-hybridized carbons (Fsp3) is 0.417. The molecule has 1 atom stereocenters. The third-order valence-electron chi connectivity index (χ3n) is 4.73. The molecule has 0 radical (unpaired) electrons. The van der Waals surface area contributed by atoms with Gasteiger partial charge in [0.2, 0.25) is 5.82 Å². The number of ether oxygens (including phenoxy) is 1. The van der Waals surface area contributed by atoms with Crippen LogP contribution in [0.3, 0.4) is 0 Å². The molecule has 4 heteroatoms. The van der Waals surface area contributed by atoms with Crippen molar-refractivity contribution in [3.63, 3.8) is 0 Å². The van der Waals surface area contributed by atoms with Crippen LogP contribution in [0.2, 0.25) is 0 Å². The monoisotopic (exact) mass is 388 g/mol. The smallest absolute Gasteiger partial charge is 0.200 e. The van der Waals surface area contributed by atoms with Crippen LogP contribution in [-0.2, 0) is 4.74 Å². The first-order chi connectivity index (χ1) is 13.5. The molecule has 0 fully saturated rings. The standard InChI is InChI=1S/C24H30F2O2/c1-3-4-8-17-28-18(2)9-6-5-7-10-19-11-13-20(14-12-19)21-15-16-22(27)24(26)23(21)25/h7,10-16,18,27H,3-6,8-9,17H2,1-2H3/b10-7+. The normalized spacial score (nSPS) is 12.6. The molecule has 0 spiro atoms. The molecule has 2 rings (SSSR count). The van der Waals surface area contributed by atoms with E-state index in [9.17, 15) is 13.9 Å². The Labute approximate surface area is 166 Å². The first-order valence-corrected chi connectivity index (χ1v) is 10.1. The lowest BCUT2D eigenvalue weighted by atomic mass is 10.0. The Kier molecular flexibility index (Phi) is 9.15. The third-order valence-corrected chi connectivity index (χ3v) is 4.73. The van der Waals surface area contributed by atoms with Gasteiger partial charge in [-0.1, -0.05) is 56.2 Å². The van der Waals surface area contributed by atoms with E-state index < -0.39 is 17.4 Å². The van der Waals surface area contributed by atoms with Crippen LogP contribution in [0.1, 0.15) is 57.9 Å². The second kappa shape index (κ2) is 11.6. The molecule has 1 unspecified atom stereocenters. The predicted molar refractivity (Wildman–Crippen MR) is 111 cm³/mol. The van der Waals surface area contributed by atoms with Gasteiger partial charge in [-0.3, -0.25) is 0 Å². The SMILES string of the molecule is CCCCCOC(C)CCC/C=C/c1ccc(-c2ccc(O)c(F)c2F)cc1. The van der Waals surface area contributed by atoms with Crippen LogP contribution in [0.4, 0.5) is 8.78 Å². The molecule has 0 aliphatic carbocycles. The van der Waals surface area contributed by atoms with Crippen molar-refractivity contribution >= 4 is 6.08 Å². The molecule has 2 nitrogen and oxygen atoms in total. The van der Waals surface area contributed by atoms with Crippen LogP contribution in [0, 0.1) is 11.6 Å². The van der Waals surface area contributed by atoms with E-state index >= 15 is 0 Å². The van der Waals surface area contributed by atoms with E-state index in [4.69, 9.17) is 4.74 Å². The lowest BCUT2D eigenvalue weighted by Crippen LogP contribution is -2.08. The van der Waals surface area contributed by atoms with Crippen molar-refractivity contribution < 1.29 is 18.6 Å². The summed E-state index contributed by atoms with van der Waals surface area (Å²) in [5.74, 6) is -2.93. The Bertz CT molecular complexity index is 754. The molecule has 1 N–H and O–H groups in total. The molecule has 0 heterocycles. The molecule has 0 aromatic heterocycles. The van der Waals surface area contributed by atoms with Crippen molar-refractivity contribution in [1.29, 1.82) is 0 Å². The second-order valence-electron chi connectivity index (χ2n) is 7.10. The van der Waals surface area contributed by atoms with Gasteiger partial charge in [0.25, 0.3) is 0 Å². The highest BCUT2D eigenvalue weighted by Crippen LogP contribution is 2.29. The molecular weight excluding hydrogens is 358 g/mol. The zero-order valence-electron chi connectivity index (χ0n) is 16.8. The van der Waals surface area contributed by atoms with Gasteiger partial charge in [-0.15, -0.1) is 0 Å². The number of unbranched alkanes of at least 4 members (excludes halogenated alkanes) is 3. The Hall–Kier alpha value is -2.20. The molecule has 2 aromatic carbocycles. The largest absolute Gasteiger partial charge is 0.505 e. The predicted octanol–water partition coefficient (Wildman–Crippen LogP) is 7.12. The van der Waals surface area contributed by atoms with Gasteiger partial charge in [0.1, 0.15) is 0 Å². The van der Waals surface area contributed by atoms with Crippen molar-refractivity contribution in [3.8, 4) is 16.9 Å². The molecule has 0 bridgehead atoms. The summed E-state index contributed by atoms with van der Waals surface area (Å²) in [6, 6.07) is 9.78. The lowest BCUT2D eigenvalue weighted by molar-refractivity contribution is 0.0566. The first kappa shape index (κ1) is 22.1. The van der Waals surface area contributed by atoms with Crippen LogP contribution in [0.25, 0.3) is 17.2 Å². The molecule has 28 heavy (non-hydrogen) atoms. The number of phenolic OH excluding ortho intramolecular Hbond substituents is 1. The Morgan fingerprint density at radius 1 is 1.00 bits per heavy atom. The van der Waals surface area contributed by atoms with Crippen molar-refractivity contribution in [1.82, 2.24) is 0 Å². The van der Waals surface area contributed by atoms with Crippen LogP contribution < -0.4 is 0 Å². The summed E-state index contributed by atoms with van der Waals surface area (Å²) < 4.78 is 33.3. The molecular formula is C24H30F2O2. The van der Waals surface area contributed by atoms with Crippen molar-refractivity contribution in [2.45, 2.75) is 58.5 Å². The summed E-state index contributed by atoms with van der Waals surface area (Å²) >= 11 is 0. The fourth-order valence-corrected chi connectivity index (χ4v) is 3.00. The van der Waals surface area contributed by atoms with E-state index in [1.165, 1.54) is 18.9 Å². The highest BCUT2D eigenvalue weighted by Gasteiger charge is 2.13. The summed E-state index contributed by atoms with van der Waals surface area (Å²) in [7, 11) is 0. The minimum Gasteiger partial charge on any atom is -0.505 e. The van der Waals surface area contributed by atoms with Crippen molar-refractivity contribution in [3.05, 3.63) is 59.7 Å². The molecule has 0 aliphatic heterocycles.